The third kappa shape index (κ3) is 2.36. The molecule has 2 nitrogen and oxygen atoms in total. The van der Waals surface area contributed by atoms with Gasteiger partial charge in [0.2, 0.25) is 0 Å². The van der Waals surface area contributed by atoms with Crippen molar-refractivity contribution in [2.45, 2.75) is 12.8 Å². The molecule has 0 aliphatic carbocycles. The molecule has 2 aromatic carbocycles. The molecule has 0 spiro atoms. The number of benzene rings is 2. The Morgan fingerprint density at radius 2 is 1.89 bits per heavy atom. The van der Waals surface area contributed by atoms with Crippen LogP contribution in [0.15, 0.2) is 36.4 Å². The molecule has 19 heavy (non-hydrogen) atoms. The normalized spacial score (nSPS) is 13.5. The number of hydrogen-bond acceptors (Lipinski definition) is 2. The third-order valence-corrected chi connectivity index (χ3v) is 3.71. The SMILES string of the molecule is O=Cc1cc(-c2ccc3c(c2)CCCO3)ccc1Cl. The van der Waals surface area contributed by atoms with Gasteiger partial charge < -0.3 is 4.74 Å². The lowest BCUT2D eigenvalue weighted by Gasteiger charge is -2.18. The van der Waals surface area contributed by atoms with Gasteiger partial charge in [0.15, 0.2) is 6.29 Å². The molecule has 96 valence electrons. The Balaban J connectivity index is 2.04. The second-order valence-electron chi connectivity index (χ2n) is 4.63. The number of hydrogen-bond donors (Lipinski definition) is 0. The molecular formula is C16H13ClO2. The van der Waals surface area contributed by atoms with Gasteiger partial charge in [-0.2, -0.15) is 0 Å². The minimum absolute atomic E-state index is 0.486. The fraction of sp³-hybridized carbons (Fsp3) is 0.188. The second-order valence-corrected chi connectivity index (χ2v) is 5.04. The average molecular weight is 273 g/mol. The van der Waals surface area contributed by atoms with E-state index < -0.39 is 0 Å². The Kier molecular flexibility index (Phi) is 3.26. The zero-order valence-electron chi connectivity index (χ0n) is 10.4. The van der Waals surface area contributed by atoms with Crippen LogP contribution in [0.25, 0.3) is 11.1 Å². The summed E-state index contributed by atoms with van der Waals surface area (Å²) in [7, 11) is 0. The Morgan fingerprint density at radius 3 is 2.74 bits per heavy atom. The minimum Gasteiger partial charge on any atom is -0.493 e. The molecule has 0 unspecified atom stereocenters. The highest BCUT2D eigenvalue weighted by Gasteiger charge is 2.11. The first-order valence-electron chi connectivity index (χ1n) is 6.29. The van der Waals surface area contributed by atoms with Crippen molar-refractivity contribution < 1.29 is 9.53 Å². The first-order valence-corrected chi connectivity index (χ1v) is 6.66. The van der Waals surface area contributed by atoms with E-state index in [1.807, 2.05) is 24.3 Å². The van der Waals surface area contributed by atoms with E-state index in [-0.39, 0.29) is 0 Å². The molecular weight excluding hydrogens is 260 g/mol. The van der Waals surface area contributed by atoms with E-state index in [2.05, 4.69) is 6.07 Å². The van der Waals surface area contributed by atoms with Crippen LogP contribution >= 0.6 is 11.6 Å². The third-order valence-electron chi connectivity index (χ3n) is 3.36. The van der Waals surface area contributed by atoms with Crippen LogP contribution in [-0.4, -0.2) is 12.9 Å². The van der Waals surface area contributed by atoms with E-state index in [1.165, 1.54) is 5.56 Å². The van der Waals surface area contributed by atoms with Crippen molar-refractivity contribution in [2.24, 2.45) is 0 Å². The summed E-state index contributed by atoms with van der Waals surface area (Å²) in [6.45, 7) is 0.794. The summed E-state index contributed by atoms with van der Waals surface area (Å²) in [5.41, 5.74) is 3.84. The molecule has 0 atom stereocenters. The molecule has 1 aliphatic rings. The Morgan fingerprint density at radius 1 is 1.11 bits per heavy atom. The van der Waals surface area contributed by atoms with Crippen LogP contribution in [0.4, 0.5) is 0 Å². The topological polar surface area (TPSA) is 26.3 Å². The van der Waals surface area contributed by atoms with E-state index >= 15 is 0 Å². The molecule has 3 heteroatoms. The van der Waals surface area contributed by atoms with Gasteiger partial charge in [0.25, 0.3) is 0 Å². The fourth-order valence-corrected chi connectivity index (χ4v) is 2.52. The molecule has 0 N–H and O–H groups in total. The smallest absolute Gasteiger partial charge is 0.151 e. The maximum Gasteiger partial charge on any atom is 0.151 e. The molecule has 0 amide bonds. The quantitative estimate of drug-likeness (QED) is 0.768. The van der Waals surface area contributed by atoms with E-state index in [0.717, 1.165) is 42.6 Å². The van der Waals surface area contributed by atoms with Gasteiger partial charge in [0, 0.05) is 5.56 Å². The number of rotatable bonds is 2. The first-order chi connectivity index (χ1) is 9.28. The summed E-state index contributed by atoms with van der Waals surface area (Å²) < 4.78 is 5.60. The largest absolute Gasteiger partial charge is 0.493 e. The van der Waals surface area contributed by atoms with Crippen molar-refractivity contribution in [3.8, 4) is 16.9 Å². The van der Waals surface area contributed by atoms with E-state index in [0.29, 0.717) is 10.6 Å². The first kappa shape index (κ1) is 12.2. The highest BCUT2D eigenvalue weighted by molar-refractivity contribution is 6.33. The molecule has 2 aromatic rings. The van der Waals surface area contributed by atoms with E-state index in [1.54, 1.807) is 6.07 Å². The van der Waals surface area contributed by atoms with Gasteiger partial charge in [-0.3, -0.25) is 4.79 Å². The number of ether oxygens (including phenoxy) is 1. The highest BCUT2D eigenvalue weighted by atomic mass is 35.5. The molecule has 0 saturated heterocycles. The minimum atomic E-state index is 0.486. The van der Waals surface area contributed by atoms with E-state index in [9.17, 15) is 4.79 Å². The molecule has 1 aliphatic heterocycles. The van der Waals surface area contributed by atoms with Crippen LogP contribution in [-0.2, 0) is 6.42 Å². The van der Waals surface area contributed by atoms with Crippen LogP contribution in [0.5, 0.6) is 5.75 Å². The van der Waals surface area contributed by atoms with Gasteiger partial charge in [0.1, 0.15) is 5.75 Å². The number of fused-ring (bicyclic) bond motifs is 1. The number of carbonyl (C=O) groups excluding carboxylic acids is 1. The van der Waals surface area contributed by atoms with Crippen LogP contribution in [0, 0.1) is 0 Å². The zero-order valence-corrected chi connectivity index (χ0v) is 11.1. The molecule has 0 aromatic heterocycles. The summed E-state index contributed by atoms with van der Waals surface area (Å²) >= 11 is 5.95. The van der Waals surface area contributed by atoms with Crippen LogP contribution < -0.4 is 4.74 Å². The summed E-state index contributed by atoms with van der Waals surface area (Å²) in [6.07, 6.45) is 2.88. The van der Waals surface area contributed by atoms with Crippen molar-refractivity contribution >= 4 is 17.9 Å². The maximum atomic E-state index is 10.9. The maximum absolute atomic E-state index is 10.9. The number of halogens is 1. The number of aryl methyl sites for hydroxylation is 1. The Hall–Kier alpha value is -1.80. The Labute approximate surface area is 117 Å². The van der Waals surface area contributed by atoms with Crippen molar-refractivity contribution in [1.29, 1.82) is 0 Å². The predicted molar refractivity (Wildman–Crippen MR) is 76.1 cm³/mol. The summed E-state index contributed by atoms with van der Waals surface area (Å²) in [5, 5.41) is 0.486. The van der Waals surface area contributed by atoms with Crippen LogP contribution in [0.1, 0.15) is 22.3 Å². The van der Waals surface area contributed by atoms with Gasteiger partial charge in [-0.05, 0) is 53.8 Å². The molecule has 0 radical (unpaired) electrons. The van der Waals surface area contributed by atoms with Crippen molar-refractivity contribution in [3.05, 3.63) is 52.5 Å². The zero-order chi connectivity index (χ0) is 13.2. The standard InChI is InChI=1S/C16H13ClO2/c17-15-5-3-11(9-14(15)10-18)12-4-6-16-13(8-12)2-1-7-19-16/h3-6,8-10H,1-2,7H2. The molecule has 1 heterocycles. The highest BCUT2D eigenvalue weighted by Crippen LogP contribution is 2.31. The van der Waals surface area contributed by atoms with Gasteiger partial charge in [-0.1, -0.05) is 23.7 Å². The number of carbonyl (C=O) groups is 1. The van der Waals surface area contributed by atoms with Gasteiger partial charge >= 0.3 is 0 Å². The fourth-order valence-electron chi connectivity index (χ4n) is 2.35. The molecule has 0 saturated carbocycles. The molecule has 0 bridgehead atoms. The van der Waals surface area contributed by atoms with Gasteiger partial charge in [0.05, 0.1) is 11.6 Å². The van der Waals surface area contributed by atoms with E-state index in [4.69, 9.17) is 16.3 Å². The van der Waals surface area contributed by atoms with Crippen molar-refractivity contribution in [3.63, 3.8) is 0 Å². The monoisotopic (exact) mass is 272 g/mol. The molecule has 3 rings (SSSR count). The average Bonchev–Trinajstić information content (AvgIpc) is 2.47. The van der Waals surface area contributed by atoms with Crippen LogP contribution in [0.2, 0.25) is 5.02 Å². The van der Waals surface area contributed by atoms with Crippen LogP contribution in [0.3, 0.4) is 0 Å². The summed E-state index contributed by atoms with van der Waals surface area (Å²) in [5.74, 6) is 0.972. The lowest BCUT2D eigenvalue weighted by atomic mass is 9.98. The predicted octanol–water partition coefficient (Wildman–Crippen LogP) is 4.14. The lowest BCUT2D eigenvalue weighted by molar-refractivity contribution is 0.112. The van der Waals surface area contributed by atoms with Gasteiger partial charge in [-0.15, -0.1) is 0 Å². The van der Waals surface area contributed by atoms with Gasteiger partial charge in [-0.25, -0.2) is 0 Å². The summed E-state index contributed by atoms with van der Waals surface area (Å²) in [6, 6.07) is 11.7. The van der Waals surface area contributed by atoms with Crippen molar-refractivity contribution in [1.82, 2.24) is 0 Å². The summed E-state index contributed by atoms with van der Waals surface area (Å²) in [4.78, 5) is 10.9. The Bertz CT molecular complexity index is 635. The van der Waals surface area contributed by atoms with Crippen molar-refractivity contribution in [2.75, 3.05) is 6.61 Å². The molecule has 0 fully saturated rings. The lowest BCUT2D eigenvalue weighted by Crippen LogP contribution is -2.08. The second kappa shape index (κ2) is 5.06. The number of aldehydes is 1.